The second-order valence-corrected chi connectivity index (χ2v) is 4.85. The fraction of sp³-hybridized carbons (Fsp3) is 0.125. The van der Waals surface area contributed by atoms with E-state index < -0.39 is 12.3 Å². The molecule has 0 fully saturated rings. The molecule has 0 radical (unpaired) electrons. The van der Waals surface area contributed by atoms with Crippen molar-refractivity contribution in [2.24, 2.45) is 0 Å². The molecule has 0 saturated carbocycles. The van der Waals surface area contributed by atoms with Crippen LogP contribution in [0.2, 0.25) is 0 Å². The van der Waals surface area contributed by atoms with E-state index in [0.29, 0.717) is 22.3 Å². The van der Waals surface area contributed by atoms with E-state index in [1.165, 1.54) is 37.7 Å². The van der Waals surface area contributed by atoms with Gasteiger partial charge in [-0.25, -0.2) is 9.78 Å². The van der Waals surface area contributed by atoms with Crippen LogP contribution in [0.3, 0.4) is 0 Å². The predicted molar refractivity (Wildman–Crippen MR) is 79.1 cm³/mol. The van der Waals surface area contributed by atoms with Crippen molar-refractivity contribution in [1.82, 2.24) is 9.55 Å². The van der Waals surface area contributed by atoms with Gasteiger partial charge < -0.3 is 9.47 Å². The van der Waals surface area contributed by atoms with Crippen molar-refractivity contribution >= 4 is 17.0 Å². The Morgan fingerprint density at radius 1 is 1.12 bits per heavy atom. The molecule has 0 amide bonds. The highest BCUT2D eigenvalue weighted by atomic mass is 19.4. The van der Waals surface area contributed by atoms with Crippen LogP contribution in [0.1, 0.15) is 10.4 Å². The van der Waals surface area contributed by atoms with Gasteiger partial charge in [-0.05, 0) is 42.5 Å². The van der Waals surface area contributed by atoms with Crippen LogP contribution in [0.15, 0.2) is 48.8 Å². The molecule has 0 bridgehead atoms. The third kappa shape index (κ3) is 3.17. The molecular formula is C16H11F3N2O3. The summed E-state index contributed by atoms with van der Waals surface area (Å²) >= 11 is 0. The fourth-order valence-electron chi connectivity index (χ4n) is 2.27. The monoisotopic (exact) mass is 336 g/mol. The zero-order valence-corrected chi connectivity index (χ0v) is 12.4. The first kappa shape index (κ1) is 15.9. The van der Waals surface area contributed by atoms with Gasteiger partial charge in [0, 0.05) is 5.69 Å². The van der Waals surface area contributed by atoms with E-state index in [9.17, 15) is 18.0 Å². The van der Waals surface area contributed by atoms with Gasteiger partial charge >= 0.3 is 12.3 Å². The lowest BCUT2D eigenvalue weighted by atomic mass is 10.2. The first-order valence-corrected chi connectivity index (χ1v) is 6.79. The SMILES string of the molecule is COC(=O)c1ccc2ncn(-c3ccc(OC(F)(F)F)cc3)c2c1. The first-order chi connectivity index (χ1) is 11.4. The number of benzene rings is 2. The number of halogens is 3. The van der Waals surface area contributed by atoms with Crippen molar-refractivity contribution in [2.45, 2.75) is 6.36 Å². The lowest BCUT2D eigenvalue weighted by molar-refractivity contribution is -0.274. The number of carbonyl (C=O) groups is 1. The van der Waals surface area contributed by atoms with E-state index in [4.69, 9.17) is 0 Å². The normalized spacial score (nSPS) is 11.5. The fourth-order valence-corrected chi connectivity index (χ4v) is 2.27. The van der Waals surface area contributed by atoms with Crippen LogP contribution in [0.5, 0.6) is 5.75 Å². The molecule has 0 atom stereocenters. The number of nitrogens with zero attached hydrogens (tertiary/aromatic N) is 2. The maximum atomic E-state index is 12.2. The Labute approximate surface area is 134 Å². The molecule has 1 aromatic heterocycles. The number of hydrogen-bond donors (Lipinski definition) is 0. The summed E-state index contributed by atoms with van der Waals surface area (Å²) in [6.07, 6.45) is -3.22. The highest BCUT2D eigenvalue weighted by molar-refractivity contribution is 5.94. The minimum Gasteiger partial charge on any atom is -0.465 e. The van der Waals surface area contributed by atoms with E-state index in [2.05, 4.69) is 14.5 Å². The van der Waals surface area contributed by atoms with Crippen molar-refractivity contribution in [2.75, 3.05) is 7.11 Å². The van der Waals surface area contributed by atoms with Gasteiger partial charge in [0.2, 0.25) is 0 Å². The molecule has 0 unspecified atom stereocenters. The predicted octanol–water partition coefficient (Wildman–Crippen LogP) is 3.71. The Balaban J connectivity index is 1.98. The summed E-state index contributed by atoms with van der Waals surface area (Å²) in [6, 6.07) is 10.2. The highest BCUT2D eigenvalue weighted by Gasteiger charge is 2.31. The van der Waals surface area contributed by atoms with Crippen molar-refractivity contribution in [3.8, 4) is 11.4 Å². The zero-order chi connectivity index (χ0) is 17.3. The van der Waals surface area contributed by atoms with Gasteiger partial charge in [0.15, 0.2) is 0 Å². The molecule has 0 aliphatic heterocycles. The third-order valence-electron chi connectivity index (χ3n) is 3.32. The molecular weight excluding hydrogens is 325 g/mol. The Morgan fingerprint density at radius 2 is 1.83 bits per heavy atom. The van der Waals surface area contributed by atoms with Crippen molar-refractivity contribution < 1.29 is 27.4 Å². The summed E-state index contributed by atoms with van der Waals surface area (Å²) in [7, 11) is 1.28. The van der Waals surface area contributed by atoms with Gasteiger partial charge in [0.25, 0.3) is 0 Å². The molecule has 0 aliphatic rings. The van der Waals surface area contributed by atoms with Gasteiger partial charge in [0.1, 0.15) is 12.1 Å². The number of ether oxygens (including phenoxy) is 2. The molecule has 124 valence electrons. The van der Waals surface area contributed by atoms with Crippen LogP contribution in [-0.2, 0) is 4.74 Å². The maximum Gasteiger partial charge on any atom is 0.573 e. The molecule has 5 nitrogen and oxygen atoms in total. The Bertz CT molecular complexity index is 886. The first-order valence-electron chi connectivity index (χ1n) is 6.79. The molecule has 24 heavy (non-hydrogen) atoms. The van der Waals surface area contributed by atoms with Crippen LogP contribution in [-0.4, -0.2) is 29.0 Å². The van der Waals surface area contributed by atoms with Gasteiger partial charge in [-0.1, -0.05) is 0 Å². The van der Waals surface area contributed by atoms with Crippen molar-refractivity contribution in [3.63, 3.8) is 0 Å². The van der Waals surface area contributed by atoms with E-state index in [1.807, 2.05) is 0 Å². The average Bonchev–Trinajstić information content (AvgIpc) is 2.96. The summed E-state index contributed by atoms with van der Waals surface area (Å²) in [5, 5.41) is 0. The zero-order valence-electron chi connectivity index (χ0n) is 12.4. The number of imidazole rings is 1. The van der Waals surface area contributed by atoms with E-state index in [-0.39, 0.29) is 5.75 Å². The molecule has 0 spiro atoms. The van der Waals surface area contributed by atoms with Crippen LogP contribution in [0, 0.1) is 0 Å². The number of rotatable bonds is 3. The molecule has 3 rings (SSSR count). The van der Waals surface area contributed by atoms with Crippen molar-refractivity contribution in [3.05, 3.63) is 54.4 Å². The summed E-state index contributed by atoms with van der Waals surface area (Å²) in [5.41, 5.74) is 2.19. The summed E-state index contributed by atoms with van der Waals surface area (Å²) in [4.78, 5) is 15.8. The third-order valence-corrected chi connectivity index (χ3v) is 3.32. The minimum absolute atomic E-state index is 0.314. The summed E-state index contributed by atoms with van der Waals surface area (Å²) < 4.78 is 46.8. The second kappa shape index (κ2) is 5.88. The standard InChI is InChI=1S/C16H11F3N2O3/c1-23-15(22)10-2-7-13-14(8-10)21(9-20-13)11-3-5-12(6-4-11)24-16(17,18)19/h2-9H,1H3. The van der Waals surface area contributed by atoms with Crippen molar-refractivity contribution in [1.29, 1.82) is 0 Å². The molecule has 0 saturated heterocycles. The Kier molecular flexibility index (Phi) is 3.88. The minimum atomic E-state index is -4.74. The number of methoxy groups -OCH3 is 1. The topological polar surface area (TPSA) is 53.3 Å². The molecule has 1 heterocycles. The highest BCUT2D eigenvalue weighted by Crippen LogP contribution is 2.25. The van der Waals surface area contributed by atoms with Crippen LogP contribution >= 0.6 is 0 Å². The van der Waals surface area contributed by atoms with Crippen LogP contribution in [0.4, 0.5) is 13.2 Å². The number of esters is 1. The molecule has 2 aromatic carbocycles. The van der Waals surface area contributed by atoms with Crippen LogP contribution < -0.4 is 4.74 Å². The summed E-state index contributed by atoms with van der Waals surface area (Å²) in [6.45, 7) is 0. The van der Waals surface area contributed by atoms with Gasteiger partial charge in [0.05, 0.1) is 23.7 Å². The van der Waals surface area contributed by atoms with Gasteiger partial charge in [-0.2, -0.15) is 0 Å². The molecule has 3 aromatic rings. The lowest BCUT2D eigenvalue weighted by Crippen LogP contribution is -2.17. The largest absolute Gasteiger partial charge is 0.573 e. The Hall–Kier alpha value is -3.03. The number of alkyl halides is 3. The summed E-state index contributed by atoms with van der Waals surface area (Å²) in [5.74, 6) is -0.801. The quantitative estimate of drug-likeness (QED) is 0.684. The number of fused-ring (bicyclic) bond motifs is 1. The number of hydrogen-bond acceptors (Lipinski definition) is 4. The van der Waals surface area contributed by atoms with Gasteiger partial charge in [-0.15, -0.1) is 13.2 Å². The van der Waals surface area contributed by atoms with Gasteiger partial charge in [-0.3, -0.25) is 4.57 Å². The second-order valence-electron chi connectivity index (χ2n) is 4.85. The van der Waals surface area contributed by atoms with E-state index in [1.54, 1.807) is 22.8 Å². The van der Waals surface area contributed by atoms with Crippen LogP contribution in [0.25, 0.3) is 16.7 Å². The average molecular weight is 336 g/mol. The van der Waals surface area contributed by atoms with E-state index in [0.717, 1.165) is 0 Å². The Morgan fingerprint density at radius 3 is 2.46 bits per heavy atom. The number of aromatic nitrogens is 2. The molecule has 0 aliphatic carbocycles. The molecule has 0 N–H and O–H groups in total. The smallest absolute Gasteiger partial charge is 0.465 e. The lowest BCUT2D eigenvalue weighted by Gasteiger charge is -2.10. The molecule has 8 heteroatoms. The van der Waals surface area contributed by atoms with E-state index >= 15 is 0 Å². The maximum absolute atomic E-state index is 12.2. The number of carbonyl (C=O) groups excluding carboxylic acids is 1.